The molecule has 1 aromatic carbocycles. The summed E-state index contributed by atoms with van der Waals surface area (Å²) in [4.78, 5) is 15.3. The highest BCUT2D eigenvalue weighted by Crippen LogP contribution is 2.24. The number of nitrogens with one attached hydrogen (secondary N) is 1. The number of carbonyl (C=O) groups is 1. The summed E-state index contributed by atoms with van der Waals surface area (Å²) in [6.07, 6.45) is 0. The van der Waals surface area contributed by atoms with Crippen molar-refractivity contribution in [1.82, 2.24) is 4.98 Å². The van der Waals surface area contributed by atoms with Crippen LogP contribution in [0.1, 0.15) is 21.6 Å². The number of hydrogen-bond donors (Lipinski definition) is 2. The monoisotopic (exact) mass is 331 g/mol. The lowest BCUT2D eigenvalue weighted by Gasteiger charge is -2.09. The first kappa shape index (κ1) is 14.0. The third kappa shape index (κ3) is 2.95. The van der Waals surface area contributed by atoms with Gasteiger partial charge in [-0.15, -0.1) is 0 Å². The molecule has 0 saturated heterocycles. The van der Waals surface area contributed by atoms with Crippen molar-refractivity contribution in [3.8, 4) is 6.07 Å². The number of nitriles is 1. The molecule has 1 heterocycles. The second kappa shape index (κ2) is 5.72. The number of aryl methyl sites for hydroxylation is 1. The van der Waals surface area contributed by atoms with Gasteiger partial charge >= 0.3 is 5.97 Å². The molecule has 1 aromatic heterocycles. The SMILES string of the molecule is Cc1ccc(C#N)c(Nc2ccc(Br)c(C(=O)O)c2)n1. The predicted molar refractivity (Wildman–Crippen MR) is 78.1 cm³/mol. The van der Waals surface area contributed by atoms with Gasteiger partial charge in [-0.25, -0.2) is 9.78 Å². The number of rotatable bonds is 3. The molecule has 2 rings (SSSR count). The van der Waals surface area contributed by atoms with E-state index in [9.17, 15) is 4.79 Å². The Morgan fingerprint density at radius 2 is 2.15 bits per heavy atom. The molecule has 2 N–H and O–H groups in total. The molecule has 0 radical (unpaired) electrons. The molecule has 20 heavy (non-hydrogen) atoms. The first-order chi connectivity index (χ1) is 9.51. The van der Waals surface area contributed by atoms with Crippen LogP contribution in [-0.4, -0.2) is 16.1 Å². The van der Waals surface area contributed by atoms with E-state index in [1.807, 2.05) is 13.0 Å². The Labute approximate surface area is 124 Å². The van der Waals surface area contributed by atoms with E-state index < -0.39 is 5.97 Å². The van der Waals surface area contributed by atoms with Crippen LogP contribution in [-0.2, 0) is 0 Å². The summed E-state index contributed by atoms with van der Waals surface area (Å²) in [7, 11) is 0. The first-order valence-corrected chi connectivity index (χ1v) is 6.48. The van der Waals surface area contributed by atoms with Crippen LogP contribution in [0, 0.1) is 18.3 Å². The Hall–Kier alpha value is -2.39. The van der Waals surface area contributed by atoms with Crippen LogP contribution in [0.4, 0.5) is 11.5 Å². The van der Waals surface area contributed by atoms with E-state index in [4.69, 9.17) is 10.4 Å². The number of pyridine rings is 1. The minimum Gasteiger partial charge on any atom is -0.478 e. The van der Waals surface area contributed by atoms with Crippen molar-refractivity contribution in [1.29, 1.82) is 5.26 Å². The molecule has 0 aliphatic heterocycles. The zero-order chi connectivity index (χ0) is 14.7. The van der Waals surface area contributed by atoms with Crippen LogP contribution >= 0.6 is 15.9 Å². The molecule has 2 aromatic rings. The molecule has 5 nitrogen and oxygen atoms in total. The number of hydrogen-bond acceptors (Lipinski definition) is 4. The molecule has 0 saturated carbocycles. The maximum absolute atomic E-state index is 11.1. The lowest BCUT2D eigenvalue weighted by molar-refractivity contribution is 0.0696. The molecular formula is C14H10BrN3O2. The molecular weight excluding hydrogens is 322 g/mol. The van der Waals surface area contributed by atoms with E-state index in [0.29, 0.717) is 21.5 Å². The summed E-state index contributed by atoms with van der Waals surface area (Å²) in [6.45, 7) is 1.82. The smallest absolute Gasteiger partial charge is 0.336 e. The minimum absolute atomic E-state index is 0.140. The summed E-state index contributed by atoms with van der Waals surface area (Å²) in [5, 5.41) is 21.1. The van der Waals surface area contributed by atoms with Crippen molar-refractivity contribution >= 4 is 33.4 Å². The van der Waals surface area contributed by atoms with Crippen molar-refractivity contribution in [2.75, 3.05) is 5.32 Å². The van der Waals surface area contributed by atoms with Gasteiger partial charge < -0.3 is 10.4 Å². The number of aromatic nitrogens is 1. The van der Waals surface area contributed by atoms with Gasteiger partial charge in [0, 0.05) is 15.9 Å². The highest BCUT2D eigenvalue weighted by atomic mass is 79.9. The molecule has 100 valence electrons. The van der Waals surface area contributed by atoms with Crippen LogP contribution < -0.4 is 5.32 Å². The average Bonchev–Trinajstić information content (AvgIpc) is 2.41. The van der Waals surface area contributed by atoms with Crippen LogP contribution in [0.5, 0.6) is 0 Å². The van der Waals surface area contributed by atoms with Gasteiger partial charge in [0.15, 0.2) is 0 Å². The Morgan fingerprint density at radius 3 is 2.80 bits per heavy atom. The summed E-state index contributed by atoms with van der Waals surface area (Å²) in [5.74, 6) is -0.621. The normalized spacial score (nSPS) is 9.85. The lowest BCUT2D eigenvalue weighted by Crippen LogP contribution is -2.02. The van der Waals surface area contributed by atoms with Gasteiger partial charge in [-0.1, -0.05) is 0 Å². The Kier molecular flexibility index (Phi) is 4.01. The molecule has 0 fully saturated rings. The number of carboxylic acid groups (broad SMARTS) is 1. The lowest BCUT2D eigenvalue weighted by atomic mass is 10.2. The number of anilines is 2. The van der Waals surface area contributed by atoms with Crippen LogP contribution in [0.25, 0.3) is 0 Å². The number of nitrogens with zero attached hydrogens (tertiary/aromatic N) is 2. The maximum atomic E-state index is 11.1. The van der Waals surface area contributed by atoms with Crippen LogP contribution in [0.15, 0.2) is 34.8 Å². The fourth-order valence-electron chi connectivity index (χ4n) is 1.65. The van der Waals surface area contributed by atoms with Crippen molar-refractivity contribution in [2.45, 2.75) is 6.92 Å². The standard InChI is InChI=1S/C14H10BrN3O2/c1-8-2-3-9(7-16)13(17-8)18-10-4-5-12(15)11(6-10)14(19)20/h2-6H,1H3,(H,17,18)(H,19,20). The van der Waals surface area contributed by atoms with Crippen molar-refractivity contribution in [3.63, 3.8) is 0 Å². The van der Waals surface area contributed by atoms with Gasteiger partial charge in [-0.3, -0.25) is 0 Å². The van der Waals surface area contributed by atoms with Crippen molar-refractivity contribution in [3.05, 3.63) is 51.6 Å². The van der Waals surface area contributed by atoms with Gasteiger partial charge in [0.05, 0.1) is 11.1 Å². The van der Waals surface area contributed by atoms with Crippen LogP contribution in [0.2, 0.25) is 0 Å². The predicted octanol–water partition coefficient (Wildman–Crippen LogP) is 3.47. The van der Waals surface area contributed by atoms with Gasteiger partial charge in [-0.05, 0) is 53.2 Å². The van der Waals surface area contributed by atoms with Gasteiger partial charge in [0.25, 0.3) is 0 Å². The highest BCUT2D eigenvalue weighted by Gasteiger charge is 2.10. The quantitative estimate of drug-likeness (QED) is 0.899. The van der Waals surface area contributed by atoms with Gasteiger partial charge in [0.1, 0.15) is 11.9 Å². The second-order valence-electron chi connectivity index (χ2n) is 4.09. The fraction of sp³-hybridized carbons (Fsp3) is 0.0714. The Morgan fingerprint density at radius 1 is 1.40 bits per heavy atom. The summed E-state index contributed by atoms with van der Waals surface area (Å²) in [5.41, 5.74) is 1.86. The number of halogens is 1. The molecule has 0 amide bonds. The molecule has 0 spiro atoms. The van der Waals surface area contributed by atoms with E-state index in [1.165, 1.54) is 6.07 Å². The largest absolute Gasteiger partial charge is 0.478 e. The molecule has 0 aliphatic carbocycles. The molecule has 0 unspecified atom stereocenters. The van der Waals surface area contributed by atoms with E-state index in [-0.39, 0.29) is 5.56 Å². The second-order valence-corrected chi connectivity index (χ2v) is 4.94. The summed E-state index contributed by atoms with van der Waals surface area (Å²) >= 11 is 3.18. The van der Waals surface area contributed by atoms with Gasteiger partial charge in [-0.2, -0.15) is 5.26 Å². The van der Waals surface area contributed by atoms with Crippen LogP contribution in [0.3, 0.4) is 0 Å². The van der Waals surface area contributed by atoms with Gasteiger partial charge in [0.2, 0.25) is 0 Å². The van der Waals surface area contributed by atoms with E-state index >= 15 is 0 Å². The third-order valence-electron chi connectivity index (χ3n) is 2.61. The highest BCUT2D eigenvalue weighted by molar-refractivity contribution is 9.10. The maximum Gasteiger partial charge on any atom is 0.336 e. The van der Waals surface area contributed by atoms with Crippen molar-refractivity contribution < 1.29 is 9.90 Å². The van der Waals surface area contributed by atoms with E-state index in [2.05, 4.69) is 26.2 Å². The average molecular weight is 332 g/mol. The van der Waals surface area contributed by atoms with Crippen molar-refractivity contribution in [2.24, 2.45) is 0 Å². The van der Waals surface area contributed by atoms with E-state index in [1.54, 1.807) is 24.3 Å². The fourth-order valence-corrected chi connectivity index (χ4v) is 2.06. The molecule has 0 atom stereocenters. The first-order valence-electron chi connectivity index (χ1n) is 5.69. The number of carboxylic acids is 1. The zero-order valence-electron chi connectivity index (χ0n) is 10.5. The number of aromatic carboxylic acids is 1. The minimum atomic E-state index is -1.03. The zero-order valence-corrected chi connectivity index (χ0v) is 12.1. The topological polar surface area (TPSA) is 86.0 Å². The summed E-state index contributed by atoms with van der Waals surface area (Å²) < 4.78 is 0.494. The Bertz CT molecular complexity index is 723. The summed E-state index contributed by atoms with van der Waals surface area (Å²) in [6, 6.07) is 10.3. The number of benzene rings is 1. The van der Waals surface area contributed by atoms with E-state index in [0.717, 1.165) is 5.69 Å². The Balaban J connectivity index is 2.40. The molecule has 0 bridgehead atoms. The molecule has 0 aliphatic rings. The molecule has 6 heteroatoms. The third-order valence-corrected chi connectivity index (χ3v) is 3.31.